The van der Waals surface area contributed by atoms with Crippen molar-refractivity contribution in [3.63, 3.8) is 0 Å². The van der Waals surface area contributed by atoms with Crippen LogP contribution in [0.15, 0.2) is 48.5 Å². The molecule has 0 fully saturated rings. The summed E-state index contributed by atoms with van der Waals surface area (Å²) in [4.78, 5) is 24.1. The van der Waals surface area contributed by atoms with Crippen molar-refractivity contribution in [2.45, 2.75) is 32.3 Å². The molecule has 2 aromatic carbocycles. The van der Waals surface area contributed by atoms with Crippen LogP contribution in [0.2, 0.25) is 5.02 Å². The largest absolute Gasteiger partial charge is 0.453 e. The molecular weight excluding hydrogens is 345 g/mol. The van der Waals surface area contributed by atoms with Gasteiger partial charge in [0.15, 0.2) is 6.10 Å². The highest BCUT2D eigenvalue weighted by Gasteiger charge is 2.21. The average Bonchev–Trinajstić information content (AvgIpc) is 2.57. The summed E-state index contributed by atoms with van der Waals surface area (Å²) < 4.78 is 18.8. The van der Waals surface area contributed by atoms with E-state index in [0.29, 0.717) is 0 Å². The number of hydrogen-bond acceptors (Lipinski definition) is 3. The smallest absolute Gasteiger partial charge is 0.307 e. The predicted octanol–water partition coefficient (Wildman–Crippen LogP) is 4.54. The van der Waals surface area contributed by atoms with E-state index in [0.717, 1.165) is 11.6 Å². The topological polar surface area (TPSA) is 55.4 Å². The van der Waals surface area contributed by atoms with Crippen LogP contribution in [0.5, 0.6) is 0 Å². The molecule has 0 unspecified atom stereocenters. The Balaban J connectivity index is 1.88. The highest BCUT2D eigenvalue weighted by molar-refractivity contribution is 6.30. The predicted molar refractivity (Wildman–Crippen MR) is 95.1 cm³/mol. The van der Waals surface area contributed by atoms with Crippen molar-refractivity contribution in [2.24, 2.45) is 0 Å². The van der Waals surface area contributed by atoms with Gasteiger partial charge in [0.2, 0.25) is 0 Å². The summed E-state index contributed by atoms with van der Waals surface area (Å²) >= 11 is 5.66. The molecule has 132 valence electrons. The minimum Gasteiger partial charge on any atom is -0.453 e. The van der Waals surface area contributed by atoms with Gasteiger partial charge in [-0.25, -0.2) is 4.39 Å². The lowest BCUT2D eigenvalue weighted by Crippen LogP contribution is -2.30. The lowest BCUT2D eigenvalue weighted by molar-refractivity contribution is -0.153. The number of amides is 1. The molecule has 0 aromatic heterocycles. The number of rotatable bonds is 6. The maximum absolute atomic E-state index is 13.7. The zero-order valence-electron chi connectivity index (χ0n) is 14.0. The van der Waals surface area contributed by atoms with Crippen LogP contribution in [0, 0.1) is 5.82 Å². The van der Waals surface area contributed by atoms with Crippen LogP contribution in [0.4, 0.5) is 10.1 Å². The second kappa shape index (κ2) is 8.62. The quantitative estimate of drug-likeness (QED) is 0.766. The molecule has 0 saturated heterocycles. The van der Waals surface area contributed by atoms with E-state index in [4.69, 9.17) is 16.3 Å². The molecule has 2 rings (SSSR count). The van der Waals surface area contributed by atoms with E-state index in [1.54, 1.807) is 0 Å². The highest BCUT2D eigenvalue weighted by Crippen LogP contribution is 2.21. The van der Waals surface area contributed by atoms with Gasteiger partial charge in [0, 0.05) is 5.02 Å². The normalized spacial score (nSPS) is 13.0. The monoisotopic (exact) mass is 363 g/mol. The van der Waals surface area contributed by atoms with Crippen LogP contribution >= 0.6 is 11.6 Å². The van der Waals surface area contributed by atoms with Gasteiger partial charge in [-0.2, -0.15) is 0 Å². The van der Waals surface area contributed by atoms with Gasteiger partial charge in [0.1, 0.15) is 5.82 Å². The maximum Gasteiger partial charge on any atom is 0.307 e. The van der Waals surface area contributed by atoms with Crippen molar-refractivity contribution < 1.29 is 18.7 Å². The Bertz CT molecular complexity index is 752. The Morgan fingerprint density at radius 1 is 1.16 bits per heavy atom. The summed E-state index contributed by atoms with van der Waals surface area (Å²) in [6.45, 7) is 3.35. The summed E-state index contributed by atoms with van der Waals surface area (Å²) in [5.41, 5.74) is 0.995. The molecule has 0 aliphatic rings. The molecule has 4 nitrogen and oxygen atoms in total. The molecule has 0 bridgehead atoms. The third-order valence-corrected chi connectivity index (χ3v) is 3.94. The van der Waals surface area contributed by atoms with E-state index < -0.39 is 23.8 Å². The van der Waals surface area contributed by atoms with Gasteiger partial charge in [0.05, 0.1) is 12.1 Å². The Labute approximate surface area is 150 Å². The first-order valence-corrected chi connectivity index (χ1v) is 8.25. The maximum atomic E-state index is 13.7. The second-order valence-corrected chi connectivity index (χ2v) is 6.20. The standard InChI is InChI=1S/C19H19ClFNO3/c1-12(14-6-4-3-5-7-14)10-18(23)25-13(2)19(24)22-17-9-8-15(20)11-16(17)21/h3-9,11-13H,10H2,1-2H3,(H,22,24)/t12-,13-/m0/s1. The summed E-state index contributed by atoms with van der Waals surface area (Å²) in [5.74, 6) is -1.78. The summed E-state index contributed by atoms with van der Waals surface area (Å²) in [6, 6.07) is 13.4. The van der Waals surface area contributed by atoms with E-state index in [-0.39, 0.29) is 23.0 Å². The Morgan fingerprint density at radius 3 is 2.48 bits per heavy atom. The van der Waals surface area contributed by atoms with Gasteiger partial charge < -0.3 is 10.1 Å². The molecule has 1 N–H and O–H groups in total. The lowest BCUT2D eigenvalue weighted by Gasteiger charge is -2.16. The fraction of sp³-hybridized carbons (Fsp3) is 0.263. The molecule has 6 heteroatoms. The van der Waals surface area contributed by atoms with Crippen molar-refractivity contribution in [3.05, 3.63) is 64.9 Å². The molecule has 0 aliphatic heterocycles. The minimum atomic E-state index is -1.04. The van der Waals surface area contributed by atoms with Crippen molar-refractivity contribution in [2.75, 3.05) is 5.32 Å². The molecule has 0 aliphatic carbocycles. The van der Waals surface area contributed by atoms with Crippen molar-refractivity contribution in [1.82, 2.24) is 0 Å². The van der Waals surface area contributed by atoms with Crippen molar-refractivity contribution >= 4 is 29.2 Å². The zero-order valence-corrected chi connectivity index (χ0v) is 14.7. The van der Waals surface area contributed by atoms with Crippen LogP contribution in [0.25, 0.3) is 0 Å². The minimum absolute atomic E-state index is 0.0186. The van der Waals surface area contributed by atoms with Crippen molar-refractivity contribution in [3.8, 4) is 0 Å². The van der Waals surface area contributed by atoms with Crippen LogP contribution in [0.3, 0.4) is 0 Å². The van der Waals surface area contributed by atoms with Gasteiger partial charge in [-0.05, 0) is 36.6 Å². The van der Waals surface area contributed by atoms with E-state index in [9.17, 15) is 14.0 Å². The average molecular weight is 364 g/mol. The molecule has 2 atom stereocenters. The zero-order chi connectivity index (χ0) is 18.4. The number of anilines is 1. The van der Waals surface area contributed by atoms with E-state index in [2.05, 4.69) is 5.32 Å². The fourth-order valence-electron chi connectivity index (χ4n) is 2.27. The first kappa shape index (κ1) is 18.9. The number of nitrogens with one attached hydrogen (secondary N) is 1. The SMILES string of the molecule is C[C@H](OC(=O)C[C@H](C)c1ccccc1)C(=O)Nc1ccc(Cl)cc1F. The van der Waals surface area contributed by atoms with Crippen LogP contribution in [-0.4, -0.2) is 18.0 Å². The summed E-state index contributed by atoms with van der Waals surface area (Å²) in [6.07, 6.45) is -0.887. The Morgan fingerprint density at radius 2 is 1.84 bits per heavy atom. The lowest BCUT2D eigenvalue weighted by atomic mass is 9.98. The van der Waals surface area contributed by atoms with Gasteiger partial charge in [-0.1, -0.05) is 48.9 Å². The number of ether oxygens (including phenoxy) is 1. The number of esters is 1. The number of carbonyl (C=O) groups is 2. The third kappa shape index (κ3) is 5.57. The van der Waals surface area contributed by atoms with Gasteiger partial charge in [-0.15, -0.1) is 0 Å². The molecule has 25 heavy (non-hydrogen) atoms. The molecule has 0 saturated carbocycles. The number of benzene rings is 2. The van der Waals surface area contributed by atoms with Crippen LogP contribution < -0.4 is 5.32 Å². The second-order valence-electron chi connectivity index (χ2n) is 5.76. The first-order valence-electron chi connectivity index (χ1n) is 7.87. The molecule has 0 spiro atoms. The summed E-state index contributed by atoms with van der Waals surface area (Å²) in [7, 11) is 0. The van der Waals surface area contributed by atoms with Crippen LogP contribution in [0.1, 0.15) is 31.7 Å². The Hall–Kier alpha value is -2.40. The first-order chi connectivity index (χ1) is 11.9. The number of carbonyl (C=O) groups excluding carboxylic acids is 2. The van der Waals surface area contributed by atoms with E-state index in [1.807, 2.05) is 37.3 Å². The Kier molecular flexibility index (Phi) is 6.53. The molecule has 0 radical (unpaired) electrons. The number of hydrogen-bond donors (Lipinski definition) is 1. The number of halogens is 2. The van der Waals surface area contributed by atoms with Gasteiger partial charge >= 0.3 is 5.97 Å². The van der Waals surface area contributed by atoms with E-state index in [1.165, 1.54) is 19.1 Å². The molecule has 2 aromatic rings. The van der Waals surface area contributed by atoms with Crippen molar-refractivity contribution in [1.29, 1.82) is 0 Å². The molecular formula is C19H19ClFNO3. The van der Waals surface area contributed by atoms with Gasteiger partial charge in [-0.3, -0.25) is 9.59 Å². The summed E-state index contributed by atoms with van der Waals surface area (Å²) in [5, 5.41) is 2.60. The van der Waals surface area contributed by atoms with E-state index >= 15 is 0 Å². The fourth-order valence-corrected chi connectivity index (χ4v) is 2.43. The molecule has 0 heterocycles. The highest BCUT2D eigenvalue weighted by atomic mass is 35.5. The third-order valence-electron chi connectivity index (χ3n) is 3.71. The van der Waals surface area contributed by atoms with Gasteiger partial charge in [0.25, 0.3) is 5.91 Å². The van der Waals surface area contributed by atoms with Crippen LogP contribution in [-0.2, 0) is 14.3 Å². The molecule has 1 amide bonds.